The molecule has 0 aromatic heterocycles. The molecule has 0 spiro atoms. The second kappa shape index (κ2) is 53.4. The molecular formula is C57H98O4. The van der Waals surface area contributed by atoms with Gasteiger partial charge in [0.15, 0.2) is 0 Å². The number of hydrogen-bond acceptors (Lipinski definition) is 4. The summed E-state index contributed by atoms with van der Waals surface area (Å²) >= 11 is 0. The number of aliphatic hydroxyl groups excluding tert-OH is 1. The van der Waals surface area contributed by atoms with Crippen LogP contribution in [0.1, 0.15) is 232 Å². The number of hydrogen-bond donors (Lipinski definition) is 1. The summed E-state index contributed by atoms with van der Waals surface area (Å²) in [7, 11) is 0. The van der Waals surface area contributed by atoms with Crippen LogP contribution in [0, 0.1) is 0 Å². The molecule has 0 aliphatic heterocycles. The Morgan fingerprint density at radius 3 is 1.11 bits per heavy atom. The lowest BCUT2D eigenvalue weighted by Crippen LogP contribution is -2.27. The summed E-state index contributed by atoms with van der Waals surface area (Å²) in [4.78, 5) is 12.3. The molecule has 0 saturated heterocycles. The zero-order valence-electron chi connectivity index (χ0n) is 40.1. The molecule has 4 heteroatoms. The first-order valence-electron chi connectivity index (χ1n) is 25.8. The molecule has 1 N–H and O–H groups in total. The van der Waals surface area contributed by atoms with E-state index in [2.05, 4.69) is 111 Å². The van der Waals surface area contributed by atoms with Crippen molar-refractivity contribution in [2.45, 2.75) is 238 Å². The van der Waals surface area contributed by atoms with Crippen LogP contribution in [0.15, 0.2) is 97.2 Å². The van der Waals surface area contributed by atoms with E-state index in [-0.39, 0.29) is 19.2 Å². The first-order chi connectivity index (χ1) is 30.2. The highest BCUT2D eigenvalue weighted by Gasteiger charge is 2.13. The lowest BCUT2D eigenvalue weighted by molar-refractivity contribution is -0.154. The molecule has 0 amide bonds. The molecule has 0 rings (SSSR count). The number of aliphatic hydroxyl groups is 1. The van der Waals surface area contributed by atoms with Crippen molar-refractivity contribution in [2.75, 3.05) is 19.8 Å². The fourth-order valence-electron chi connectivity index (χ4n) is 7.07. The average molecular weight is 847 g/mol. The van der Waals surface area contributed by atoms with Gasteiger partial charge < -0.3 is 14.6 Å². The van der Waals surface area contributed by atoms with E-state index < -0.39 is 6.10 Å². The van der Waals surface area contributed by atoms with Gasteiger partial charge in [0.1, 0.15) is 6.10 Å². The van der Waals surface area contributed by atoms with Crippen LogP contribution in [0.3, 0.4) is 0 Å². The largest absolute Gasteiger partial charge is 0.457 e. The van der Waals surface area contributed by atoms with Gasteiger partial charge in [0.25, 0.3) is 0 Å². The van der Waals surface area contributed by atoms with Crippen LogP contribution in [0.25, 0.3) is 0 Å². The van der Waals surface area contributed by atoms with Crippen molar-refractivity contribution in [3.8, 4) is 0 Å². The van der Waals surface area contributed by atoms with E-state index in [1.807, 2.05) is 0 Å². The average Bonchev–Trinajstić information content (AvgIpc) is 3.27. The van der Waals surface area contributed by atoms with Gasteiger partial charge in [-0.25, -0.2) is 0 Å². The summed E-state index contributed by atoms with van der Waals surface area (Å²) in [5.74, 6) is -0.209. The fourth-order valence-corrected chi connectivity index (χ4v) is 7.07. The summed E-state index contributed by atoms with van der Waals surface area (Å²) in [5, 5.41) is 9.66. The number of rotatable bonds is 47. The molecule has 0 aromatic carbocycles. The standard InChI is InChI=1S/C57H98O4/c1-3-5-7-9-11-13-15-17-19-21-23-25-27-28-29-31-33-35-37-39-41-43-45-47-49-51-53-60-55-56(54-58)61-57(59)52-50-48-46-44-42-40-38-36-34-32-30-26-24-22-20-18-16-14-12-10-8-6-4-2/h5,7,11,13,16-19,22-25,28-29,33,35,56,58H,3-4,6,8-10,12,14-15,20-21,26-27,30-32,34,36-55H2,1-2H3/b7-5-,13-11-,18-16-,19-17-,24-22-,25-23-,29-28-,35-33-. The van der Waals surface area contributed by atoms with Crippen molar-refractivity contribution in [1.29, 1.82) is 0 Å². The highest BCUT2D eigenvalue weighted by atomic mass is 16.6. The number of esters is 1. The summed E-state index contributed by atoms with van der Waals surface area (Å²) in [6, 6.07) is 0. The first kappa shape index (κ1) is 58.3. The lowest BCUT2D eigenvalue weighted by atomic mass is 10.0. The smallest absolute Gasteiger partial charge is 0.306 e. The zero-order chi connectivity index (χ0) is 44.0. The predicted molar refractivity (Wildman–Crippen MR) is 269 cm³/mol. The highest BCUT2D eigenvalue weighted by Crippen LogP contribution is 2.14. The van der Waals surface area contributed by atoms with E-state index in [1.54, 1.807) is 0 Å². The van der Waals surface area contributed by atoms with Crippen LogP contribution in [-0.2, 0) is 14.3 Å². The van der Waals surface area contributed by atoms with Gasteiger partial charge in [-0.15, -0.1) is 0 Å². The number of ether oxygens (including phenoxy) is 2. The second-order valence-corrected chi connectivity index (χ2v) is 16.9. The van der Waals surface area contributed by atoms with Crippen LogP contribution >= 0.6 is 0 Å². The molecule has 4 nitrogen and oxygen atoms in total. The van der Waals surface area contributed by atoms with Gasteiger partial charge in [0.05, 0.1) is 13.2 Å². The van der Waals surface area contributed by atoms with Gasteiger partial charge in [-0.2, -0.15) is 0 Å². The maximum Gasteiger partial charge on any atom is 0.306 e. The Bertz CT molecular complexity index is 1120. The fraction of sp³-hybridized carbons (Fsp3) is 0.702. The molecule has 1 unspecified atom stereocenters. The van der Waals surface area contributed by atoms with Gasteiger partial charge in [-0.05, 0) is 96.3 Å². The summed E-state index contributed by atoms with van der Waals surface area (Å²) in [6.45, 7) is 5.20. The monoisotopic (exact) mass is 847 g/mol. The van der Waals surface area contributed by atoms with E-state index in [9.17, 15) is 9.90 Å². The summed E-state index contributed by atoms with van der Waals surface area (Å²) in [6.07, 6.45) is 76.4. The Kier molecular flexibility index (Phi) is 51.1. The molecule has 0 heterocycles. The Labute approximate surface area is 379 Å². The lowest BCUT2D eigenvalue weighted by Gasteiger charge is -2.16. The molecular weight excluding hydrogens is 749 g/mol. The summed E-state index contributed by atoms with van der Waals surface area (Å²) < 4.78 is 11.2. The quantitative estimate of drug-likeness (QED) is 0.0377. The zero-order valence-corrected chi connectivity index (χ0v) is 40.1. The Hall–Kier alpha value is -2.69. The van der Waals surface area contributed by atoms with E-state index >= 15 is 0 Å². The highest BCUT2D eigenvalue weighted by molar-refractivity contribution is 5.69. The Balaban J connectivity index is 3.48. The van der Waals surface area contributed by atoms with Crippen molar-refractivity contribution in [3.63, 3.8) is 0 Å². The van der Waals surface area contributed by atoms with Gasteiger partial charge in [-0.1, -0.05) is 227 Å². The van der Waals surface area contributed by atoms with Gasteiger partial charge in [0.2, 0.25) is 0 Å². The Morgan fingerprint density at radius 2 is 0.738 bits per heavy atom. The van der Waals surface area contributed by atoms with Gasteiger partial charge in [0, 0.05) is 13.0 Å². The van der Waals surface area contributed by atoms with Crippen molar-refractivity contribution in [3.05, 3.63) is 97.2 Å². The minimum absolute atomic E-state index is 0.182. The number of carbonyl (C=O) groups is 1. The molecule has 0 saturated carbocycles. The molecule has 0 fully saturated rings. The SMILES string of the molecule is CC/C=C\C/C=C\C/C=C\C/C=C\C/C=C\C/C=C\CCCCCCCCCOCC(CO)OC(=O)CCCCCCCCCCCCC/C=C\C/C=C\CCCCCCC. The topological polar surface area (TPSA) is 55.8 Å². The van der Waals surface area contributed by atoms with Crippen molar-refractivity contribution < 1.29 is 19.4 Å². The predicted octanol–water partition coefficient (Wildman–Crippen LogP) is 17.7. The minimum Gasteiger partial charge on any atom is -0.457 e. The van der Waals surface area contributed by atoms with E-state index in [4.69, 9.17) is 9.47 Å². The van der Waals surface area contributed by atoms with Crippen LogP contribution in [0.4, 0.5) is 0 Å². The Morgan fingerprint density at radius 1 is 0.410 bits per heavy atom. The number of carbonyl (C=O) groups excluding carboxylic acids is 1. The van der Waals surface area contributed by atoms with E-state index in [0.29, 0.717) is 13.0 Å². The third-order valence-electron chi connectivity index (χ3n) is 10.9. The third kappa shape index (κ3) is 51.6. The van der Waals surface area contributed by atoms with Crippen LogP contribution in [0.2, 0.25) is 0 Å². The normalized spacial score (nSPS) is 13.2. The van der Waals surface area contributed by atoms with Crippen LogP contribution in [-0.4, -0.2) is 37.0 Å². The molecule has 0 bridgehead atoms. The van der Waals surface area contributed by atoms with Crippen molar-refractivity contribution in [2.24, 2.45) is 0 Å². The summed E-state index contributed by atoms with van der Waals surface area (Å²) in [5.41, 5.74) is 0. The van der Waals surface area contributed by atoms with Crippen LogP contribution in [0.5, 0.6) is 0 Å². The van der Waals surface area contributed by atoms with Crippen molar-refractivity contribution >= 4 is 5.97 Å². The molecule has 1 atom stereocenters. The van der Waals surface area contributed by atoms with Crippen molar-refractivity contribution in [1.82, 2.24) is 0 Å². The van der Waals surface area contributed by atoms with Gasteiger partial charge >= 0.3 is 5.97 Å². The molecule has 0 radical (unpaired) electrons. The maximum absolute atomic E-state index is 12.3. The molecule has 350 valence electrons. The molecule has 61 heavy (non-hydrogen) atoms. The molecule has 0 aliphatic carbocycles. The molecule has 0 aromatic rings. The molecule has 0 aliphatic rings. The number of allylic oxidation sites excluding steroid dienone is 16. The first-order valence-corrected chi connectivity index (χ1v) is 25.8. The van der Waals surface area contributed by atoms with E-state index in [0.717, 1.165) is 70.6 Å². The minimum atomic E-state index is -0.549. The van der Waals surface area contributed by atoms with Crippen LogP contribution < -0.4 is 0 Å². The number of unbranched alkanes of at least 4 members (excludes halogenated alkanes) is 23. The van der Waals surface area contributed by atoms with Gasteiger partial charge in [-0.3, -0.25) is 4.79 Å². The maximum atomic E-state index is 12.3. The third-order valence-corrected chi connectivity index (χ3v) is 10.9. The van der Waals surface area contributed by atoms with E-state index in [1.165, 1.54) is 141 Å². The second-order valence-electron chi connectivity index (χ2n) is 16.9.